The minimum absolute atomic E-state index is 0.000872. The lowest BCUT2D eigenvalue weighted by Crippen LogP contribution is -2.26. The highest BCUT2D eigenvalue weighted by Gasteiger charge is 2.32. The van der Waals surface area contributed by atoms with E-state index in [1.807, 2.05) is 61.5 Å². The number of hydrogen-bond acceptors (Lipinski definition) is 5. The van der Waals surface area contributed by atoms with Gasteiger partial charge in [0.25, 0.3) is 0 Å². The molecule has 2 heterocycles. The number of carbonyl (C=O) groups excluding carboxylic acids is 1. The second-order valence-electron chi connectivity index (χ2n) is 9.90. The second-order valence-corrected chi connectivity index (χ2v) is 9.90. The summed E-state index contributed by atoms with van der Waals surface area (Å²) in [5, 5.41) is 24.3. The minimum atomic E-state index is -1.70. The molecule has 2 aromatic heterocycles. The van der Waals surface area contributed by atoms with E-state index in [0.717, 1.165) is 39.6 Å². The number of benzene rings is 3. The van der Waals surface area contributed by atoms with E-state index >= 15 is 0 Å². The Morgan fingerprint density at radius 3 is 2.46 bits per heavy atom. The molecule has 0 aliphatic carbocycles. The summed E-state index contributed by atoms with van der Waals surface area (Å²) in [4.78, 5) is 15.9. The van der Waals surface area contributed by atoms with Gasteiger partial charge in [-0.15, -0.1) is 0 Å². The topological polar surface area (TPSA) is 95.6 Å². The average Bonchev–Trinajstić information content (AvgIpc) is 3.36. The molecule has 0 bridgehead atoms. The maximum atomic E-state index is 14.4. The van der Waals surface area contributed by atoms with E-state index in [4.69, 9.17) is 4.42 Å². The predicted octanol–water partition coefficient (Wildman–Crippen LogP) is 5.92. The first kappa shape index (κ1) is 26.3. The Balaban J connectivity index is 1.49. The molecule has 1 amide bonds. The molecule has 3 aromatic carbocycles. The molecule has 0 aliphatic rings. The number of halogens is 1. The van der Waals surface area contributed by atoms with Gasteiger partial charge in [0.15, 0.2) is 0 Å². The highest BCUT2D eigenvalue weighted by Crippen LogP contribution is 2.36. The summed E-state index contributed by atoms with van der Waals surface area (Å²) in [5.41, 5.74) is 4.65. The van der Waals surface area contributed by atoms with Gasteiger partial charge in [-0.3, -0.25) is 9.78 Å². The SMILES string of the molecule is CC(=O)NC(c1ccc(-c2ccc(CO)cc2C)cc1)c1ccc2oc(C(C)(O)c3ccncc3F)cc2c1. The van der Waals surface area contributed by atoms with Crippen LogP contribution in [0.25, 0.3) is 22.1 Å². The molecular weight excluding hydrogens is 495 g/mol. The second kappa shape index (κ2) is 10.4. The number of nitrogens with one attached hydrogen (secondary N) is 1. The van der Waals surface area contributed by atoms with E-state index in [9.17, 15) is 19.4 Å². The van der Waals surface area contributed by atoms with Gasteiger partial charge < -0.3 is 19.9 Å². The number of aliphatic hydroxyl groups excluding tert-OH is 1. The van der Waals surface area contributed by atoms with Gasteiger partial charge in [-0.25, -0.2) is 4.39 Å². The molecule has 2 unspecified atom stereocenters. The van der Waals surface area contributed by atoms with Crippen LogP contribution in [0.1, 0.15) is 53.5 Å². The summed E-state index contributed by atoms with van der Waals surface area (Å²) in [6, 6.07) is 22.1. The zero-order valence-corrected chi connectivity index (χ0v) is 21.9. The fraction of sp³-hybridized carbons (Fsp3) is 0.188. The Hall–Kier alpha value is -4.33. The van der Waals surface area contributed by atoms with Crippen LogP contribution >= 0.6 is 0 Å². The van der Waals surface area contributed by atoms with E-state index in [1.165, 1.54) is 26.1 Å². The monoisotopic (exact) mass is 524 g/mol. The third-order valence-electron chi connectivity index (χ3n) is 7.03. The molecule has 0 saturated carbocycles. The van der Waals surface area contributed by atoms with Crippen molar-refractivity contribution in [3.63, 3.8) is 0 Å². The van der Waals surface area contributed by atoms with Gasteiger partial charge in [-0.2, -0.15) is 0 Å². The number of fused-ring (bicyclic) bond motifs is 1. The minimum Gasteiger partial charge on any atom is -0.458 e. The van der Waals surface area contributed by atoms with Gasteiger partial charge in [0.2, 0.25) is 5.91 Å². The molecule has 0 aliphatic heterocycles. The molecule has 2 atom stereocenters. The lowest BCUT2D eigenvalue weighted by molar-refractivity contribution is -0.119. The zero-order valence-electron chi connectivity index (χ0n) is 21.9. The molecule has 7 heteroatoms. The fourth-order valence-corrected chi connectivity index (χ4v) is 4.95. The Morgan fingerprint density at radius 2 is 1.79 bits per heavy atom. The standard InChI is InChI=1S/C32H29FN2O4/c1-19-14-21(18-36)4-10-26(19)22-5-7-23(8-6-22)31(35-20(2)37)24-9-11-29-25(15-24)16-30(39-29)32(3,38)27-12-13-34-17-28(27)33/h4-17,31,36,38H,18H2,1-3H3,(H,35,37). The lowest BCUT2D eigenvalue weighted by Gasteiger charge is -2.21. The summed E-state index contributed by atoms with van der Waals surface area (Å²) < 4.78 is 20.3. The first-order valence-corrected chi connectivity index (χ1v) is 12.6. The predicted molar refractivity (Wildman–Crippen MR) is 147 cm³/mol. The number of furan rings is 1. The number of rotatable bonds is 7. The molecule has 39 heavy (non-hydrogen) atoms. The van der Waals surface area contributed by atoms with Gasteiger partial charge in [-0.1, -0.05) is 48.5 Å². The normalized spacial score (nSPS) is 13.7. The van der Waals surface area contributed by atoms with Crippen molar-refractivity contribution in [3.8, 4) is 11.1 Å². The molecule has 0 saturated heterocycles. The first-order chi connectivity index (χ1) is 18.7. The number of aromatic nitrogens is 1. The van der Waals surface area contributed by atoms with Crippen molar-refractivity contribution in [1.82, 2.24) is 10.3 Å². The van der Waals surface area contributed by atoms with E-state index in [2.05, 4.69) is 10.3 Å². The number of aliphatic hydroxyl groups is 2. The number of nitrogens with zero attached hydrogens (tertiary/aromatic N) is 1. The van der Waals surface area contributed by atoms with Crippen LogP contribution in [0.3, 0.4) is 0 Å². The Kier molecular flexibility index (Phi) is 7.04. The van der Waals surface area contributed by atoms with Crippen molar-refractivity contribution in [3.05, 3.63) is 125 Å². The van der Waals surface area contributed by atoms with Crippen LogP contribution < -0.4 is 5.32 Å². The van der Waals surface area contributed by atoms with Crippen molar-refractivity contribution in [2.75, 3.05) is 0 Å². The molecule has 3 N–H and O–H groups in total. The molecule has 5 aromatic rings. The first-order valence-electron chi connectivity index (χ1n) is 12.6. The molecule has 6 nitrogen and oxygen atoms in total. The van der Waals surface area contributed by atoms with Gasteiger partial charge in [-0.05, 0) is 71.5 Å². The van der Waals surface area contributed by atoms with Crippen molar-refractivity contribution < 1.29 is 23.8 Å². The fourth-order valence-electron chi connectivity index (χ4n) is 4.95. The Labute approximate surface area is 225 Å². The maximum absolute atomic E-state index is 14.4. The van der Waals surface area contributed by atoms with Gasteiger partial charge in [0, 0.05) is 24.1 Å². The van der Waals surface area contributed by atoms with E-state index < -0.39 is 17.5 Å². The van der Waals surface area contributed by atoms with Crippen LogP contribution in [0.15, 0.2) is 89.6 Å². The Morgan fingerprint density at radius 1 is 1.05 bits per heavy atom. The Bertz CT molecular complexity index is 1660. The number of carbonyl (C=O) groups is 1. The third-order valence-corrected chi connectivity index (χ3v) is 7.03. The smallest absolute Gasteiger partial charge is 0.217 e. The maximum Gasteiger partial charge on any atom is 0.217 e. The number of hydrogen-bond donors (Lipinski definition) is 3. The summed E-state index contributed by atoms with van der Waals surface area (Å²) in [7, 11) is 0. The number of amides is 1. The van der Waals surface area contributed by atoms with E-state index in [-0.39, 0.29) is 23.8 Å². The number of aryl methyl sites for hydroxylation is 1. The summed E-state index contributed by atoms with van der Waals surface area (Å²) in [6.07, 6.45) is 2.47. The molecule has 0 radical (unpaired) electrons. The van der Waals surface area contributed by atoms with Crippen LogP contribution in [0.4, 0.5) is 4.39 Å². The molecule has 198 valence electrons. The number of pyridine rings is 1. The highest BCUT2D eigenvalue weighted by molar-refractivity contribution is 5.80. The molecular formula is C32H29FN2O4. The highest BCUT2D eigenvalue weighted by atomic mass is 19.1. The van der Waals surface area contributed by atoms with Crippen LogP contribution in [-0.4, -0.2) is 21.1 Å². The summed E-state index contributed by atoms with van der Waals surface area (Å²) in [5.74, 6) is -0.608. The van der Waals surface area contributed by atoms with Gasteiger partial charge >= 0.3 is 0 Å². The molecule has 0 fully saturated rings. The summed E-state index contributed by atoms with van der Waals surface area (Å²) >= 11 is 0. The van der Waals surface area contributed by atoms with E-state index in [0.29, 0.717) is 11.0 Å². The molecule has 0 spiro atoms. The lowest BCUT2D eigenvalue weighted by atomic mass is 9.92. The van der Waals surface area contributed by atoms with Crippen LogP contribution in [0, 0.1) is 12.7 Å². The average molecular weight is 525 g/mol. The summed E-state index contributed by atoms with van der Waals surface area (Å²) in [6.45, 7) is 4.96. The zero-order chi connectivity index (χ0) is 27.7. The van der Waals surface area contributed by atoms with Crippen molar-refractivity contribution in [2.45, 2.75) is 39.0 Å². The van der Waals surface area contributed by atoms with Crippen molar-refractivity contribution in [1.29, 1.82) is 0 Å². The van der Waals surface area contributed by atoms with Gasteiger partial charge in [0.05, 0.1) is 18.8 Å². The van der Waals surface area contributed by atoms with Crippen LogP contribution in [0.5, 0.6) is 0 Å². The van der Waals surface area contributed by atoms with Gasteiger partial charge in [0.1, 0.15) is 22.8 Å². The largest absolute Gasteiger partial charge is 0.458 e. The van der Waals surface area contributed by atoms with Crippen LogP contribution in [0.2, 0.25) is 0 Å². The van der Waals surface area contributed by atoms with Crippen LogP contribution in [-0.2, 0) is 17.0 Å². The quantitative estimate of drug-likeness (QED) is 0.246. The van der Waals surface area contributed by atoms with E-state index in [1.54, 1.807) is 12.1 Å². The van der Waals surface area contributed by atoms with Crippen molar-refractivity contribution in [2.24, 2.45) is 0 Å². The molecule has 5 rings (SSSR count). The third kappa shape index (κ3) is 5.19. The van der Waals surface area contributed by atoms with Crippen molar-refractivity contribution >= 4 is 16.9 Å².